The van der Waals surface area contributed by atoms with Crippen LogP contribution in [0.2, 0.25) is 0 Å². The standard InChI is InChI=1S/C14H24N2O8/c1-3-9(2)13(14(23)24)16(8-12(21)22)5-4-15(6-10(17)18)7-11(19)20/h9,13H,3-8H2,1-2H3,(H,17,18)(H,19,20)(H,21,22)(H,23,24). The molecule has 138 valence electrons. The fourth-order valence-corrected chi connectivity index (χ4v) is 2.34. The molecule has 0 aliphatic rings. The third-order valence-corrected chi connectivity index (χ3v) is 3.59. The molecule has 0 aromatic rings. The van der Waals surface area contributed by atoms with Gasteiger partial charge >= 0.3 is 23.9 Å². The molecule has 0 aromatic heterocycles. The zero-order valence-corrected chi connectivity index (χ0v) is 13.7. The molecule has 0 spiro atoms. The van der Waals surface area contributed by atoms with Crippen LogP contribution in [0.15, 0.2) is 0 Å². The fraction of sp³-hybridized carbons (Fsp3) is 0.714. The maximum atomic E-state index is 11.5. The van der Waals surface area contributed by atoms with Gasteiger partial charge in [0.15, 0.2) is 0 Å². The van der Waals surface area contributed by atoms with Gasteiger partial charge in [-0.2, -0.15) is 0 Å². The maximum absolute atomic E-state index is 11.5. The van der Waals surface area contributed by atoms with Gasteiger partial charge in [-0.25, -0.2) is 0 Å². The van der Waals surface area contributed by atoms with Gasteiger partial charge in [0.1, 0.15) is 6.04 Å². The van der Waals surface area contributed by atoms with Crippen molar-refractivity contribution in [3.05, 3.63) is 0 Å². The van der Waals surface area contributed by atoms with Crippen molar-refractivity contribution in [1.29, 1.82) is 0 Å². The summed E-state index contributed by atoms with van der Waals surface area (Å²) in [6.07, 6.45) is 0.515. The quantitative estimate of drug-likeness (QED) is 0.337. The Hall–Kier alpha value is -2.20. The van der Waals surface area contributed by atoms with Crippen molar-refractivity contribution in [2.24, 2.45) is 5.92 Å². The molecule has 4 N–H and O–H groups in total. The second kappa shape index (κ2) is 10.6. The van der Waals surface area contributed by atoms with E-state index >= 15 is 0 Å². The Balaban J connectivity index is 5.15. The topological polar surface area (TPSA) is 156 Å². The van der Waals surface area contributed by atoms with Crippen molar-refractivity contribution in [3.8, 4) is 0 Å². The van der Waals surface area contributed by atoms with E-state index in [1.807, 2.05) is 0 Å². The van der Waals surface area contributed by atoms with Crippen LogP contribution in [-0.4, -0.2) is 92.9 Å². The van der Waals surface area contributed by atoms with Crippen molar-refractivity contribution in [2.75, 3.05) is 32.7 Å². The van der Waals surface area contributed by atoms with Crippen LogP contribution in [0.5, 0.6) is 0 Å². The number of carboxylic acid groups (broad SMARTS) is 4. The Labute approximate surface area is 139 Å². The van der Waals surface area contributed by atoms with Gasteiger partial charge in [0.2, 0.25) is 0 Å². The predicted molar refractivity (Wildman–Crippen MR) is 81.8 cm³/mol. The first kappa shape index (κ1) is 21.8. The third kappa shape index (κ3) is 8.44. The summed E-state index contributed by atoms with van der Waals surface area (Å²) in [4.78, 5) is 46.4. The van der Waals surface area contributed by atoms with E-state index in [2.05, 4.69) is 0 Å². The molecule has 2 atom stereocenters. The molecule has 0 saturated carbocycles. The van der Waals surface area contributed by atoms with Crippen LogP contribution in [0.4, 0.5) is 0 Å². The first-order valence-electron chi connectivity index (χ1n) is 7.43. The molecule has 24 heavy (non-hydrogen) atoms. The monoisotopic (exact) mass is 348 g/mol. The zero-order chi connectivity index (χ0) is 18.9. The number of nitrogens with zero attached hydrogens (tertiary/aromatic N) is 2. The lowest BCUT2D eigenvalue weighted by atomic mass is 9.97. The Morgan fingerprint density at radius 2 is 1.29 bits per heavy atom. The van der Waals surface area contributed by atoms with E-state index in [1.165, 1.54) is 4.90 Å². The van der Waals surface area contributed by atoms with Gasteiger partial charge in [-0.15, -0.1) is 0 Å². The molecule has 0 amide bonds. The Morgan fingerprint density at radius 3 is 1.62 bits per heavy atom. The number of hydrogen-bond acceptors (Lipinski definition) is 6. The zero-order valence-electron chi connectivity index (χ0n) is 13.7. The highest BCUT2D eigenvalue weighted by Gasteiger charge is 2.31. The number of rotatable bonds is 13. The van der Waals surface area contributed by atoms with Gasteiger partial charge in [0, 0.05) is 13.1 Å². The minimum atomic E-state index is -1.22. The van der Waals surface area contributed by atoms with Crippen LogP contribution in [-0.2, 0) is 19.2 Å². The van der Waals surface area contributed by atoms with Crippen molar-refractivity contribution >= 4 is 23.9 Å². The minimum Gasteiger partial charge on any atom is -0.480 e. The first-order chi connectivity index (χ1) is 11.1. The molecule has 0 aliphatic carbocycles. The summed E-state index contributed by atoms with van der Waals surface area (Å²) in [5.74, 6) is -5.16. The van der Waals surface area contributed by atoms with Crippen LogP contribution in [0.3, 0.4) is 0 Å². The summed E-state index contributed by atoms with van der Waals surface area (Å²) in [6, 6.07) is -1.05. The lowest BCUT2D eigenvalue weighted by Gasteiger charge is -2.32. The van der Waals surface area contributed by atoms with Gasteiger partial charge < -0.3 is 20.4 Å². The Kier molecular flexibility index (Phi) is 9.58. The van der Waals surface area contributed by atoms with Crippen LogP contribution < -0.4 is 0 Å². The van der Waals surface area contributed by atoms with E-state index in [0.717, 1.165) is 4.90 Å². The molecule has 10 nitrogen and oxygen atoms in total. The molecule has 0 saturated heterocycles. The number of carbonyl (C=O) groups is 4. The molecule has 10 heteroatoms. The van der Waals surface area contributed by atoms with E-state index in [9.17, 15) is 24.3 Å². The summed E-state index contributed by atoms with van der Waals surface area (Å²) in [7, 11) is 0. The Morgan fingerprint density at radius 1 is 0.833 bits per heavy atom. The van der Waals surface area contributed by atoms with Gasteiger partial charge in [-0.3, -0.25) is 29.0 Å². The summed E-state index contributed by atoms with van der Waals surface area (Å²) in [5, 5.41) is 36.0. The summed E-state index contributed by atoms with van der Waals surface area (Å²) in [5.41, 5.74) is 0. The molecule has 0 aromatic carbocycles. The molecular weight excluding hydrogens is 324 g/mol. The summed E-state index contributed by atoms with van der Waals surface area (Å²) < 4.78 is 0. The van der Waals surface area contributed by atoms with E-state index in [-0.39, 0.29) is 19.0 Å². The molecule has 0 heterocycles. The van der Waals surface area contributed by atoms with Crippen LogP contribution >= 0.6 is 0 Å². The molecule has 0 fully saturated rings. The molecule has 0 aliphatic heterocycles. The van der Waals surface area contributed by atoms with Crippen molar-refractivity contribution in [1.82, 2.24) is 9.80 Å². The van der Waals surface area contributed by atoms with E-state index in [0.29, 0.717) is 6.42 Å². The molecular formula is C14H24N2O8. The second-order valence-corrected chi connectivity index (χ2v) is 5.53. The highest BCUT2D eigenvalue weighted by molar-refractivity contribution is 5.76. The van der Waals surface area contributed by atoms with Crippen LogP contribution in [0.25, 0.3) is 0 Å². The minimum absolute atomic E-state index is 0.0752. The lowest BCUT2D eigenvalue weighted by molar-refractivity contribution is -0.150. The smallest absolute Gasteiger partial charge is 0.321 e. The Bertz CT molecular complexity index is 452. The molecule has 0 bridgehead atoms. The lowest BCUT2D eigenvalue weighted by Crippen LogP contribution is -2.51. The fourth-order valence-electron chi connectivity index (χ4n) is 2.34. The second-order valence-electron chi connectivity index (χ2n) is 5.53. The van der Waals surface area contributed by atoms with E-state index in [4.69, 9.17) is 15.3 Å². The maximum Gasteiger partial charge on any atom is 0.321 e. The molecule has 2 unspecified atom stereocenters. The van der Waals surface area contributed by atoms with Crippen molar-refractivity contribution in [3.63, 3.8) is 0 Å². The van der Waals surface area contributed by atoms with E-state index < -0.39 is 49.6 Å². The highest BCUT2D eigenvalue weighted by atomic mass is 16.4. The van der Waals surface area contributed by atoms with Crippen LogP contribution in [0.1, 0.15) is 20.3 Å². The number of aliphatic carboxylic acids is 4. The average Bonchev–Trinajstić information content (AvgIpc) is 2.41. The van der Waals surface area contributed by atoms with Gasteiger partial charge in [-0.05, 0) is 5.92 Å². The summed E-state index contributed by atoms with van der Waals surface area (Å²) in [6.45, 7) is 1.71. The number of carboxylic acids is 4. The van der Waals surface area contributed by atoms with Gasteiger partial charge in [0.05, 0.1) is 19.6 Å². The average molecular weight is 348 g/mol. The van der Waals surface area contributed by atoms with Crippen molar-refractivity contribution in [2.45, 2.75) is 26.3 Å². The van der Waals surface area contributed by atoms with E-state index in [1.54, 1.807) is 13.8 Å². The summed E-state index contributed by atoms with van der Waals surface area (Å²) >= 11 is 0. The number of hydrogen-bond donors (Lipinski definition) is 4. The predicted octanol–water partition coefficient (Wildman–Crippen LogP) is -0.656. The third-order valence-electron chi connectivity index (χ3n) is 3.59. The van der Waals surface area contributed by atoms with Gasteiger partial charge in [-0.1, -0.05) is 20.3 Å². The highest BCUT2D eigenvalue weighted by Crippen LogP contribution is 2.15. The largest absolute Gasteiger partial charge is 0.480 e. The normalized spacial score (nSPS) is 13.7. The SMILES string of the molecule is CCC(C)C(C(=O)O)N(CCN(CC(=O)O)CC(=O)O)CC(=O)O. The van der Waals surface area contributed by atoms with Crippen LogP contribution in [0, 0.1) is 5.92 Å². The van der Waals surface area contributed by atoms with Gasteiger partial charge in [0.25, 0.3) is 0 Å². The molecule has 0 radical (unpaired) electrons. The van der Waals surface area contributed by atoms with Crippen molar-refractivity contribution < 1.29 is 39.6 Å². The molecule has 0 rings (SSSR count). The first-order valence-corrected chi connectivity index (χ1v) is 7.43.